The number of fused-ring (bicyclic) bond motifs is 1. The lowest BCUT2D eigenvalue weighted by molar-refractivity contribution is 0.0950. The molecule has 0 saturated heterocycles. The third-order valence-electron chi connectivity index (χ3n) is 4.09. The highest BCUT2D eigenvalue weighted by Gasteiger charge is 2.12. The van der Waals surface area contributed by atoms with E-state index in [4.69, 9.17) is 0 Å². The summed E-state index contributed by atoms with van der Waals surface area (Å²) in [4.78, 5) is 17.1. The van der Waals surface area contributed by atoms with Crippen LogP contribution in [0.5, 0.6) is 0 Å². The van der Waals surface area contributed by atoms with Gasteiger partial charge in [0.25, 0.3) is 5.91 Å². The zero-order valence-electron chi connectivity index (χ0n) is 15.4. The SMILES string of the molecule is Cc1ccc2nc(C)c(C(=O)NCc3cccc(NS(C)(=O)=O)c3)cc2c1. The Bertz CT molecular complexity index is 1120. The van der Waals surface area contributed by atoms with Crippen molar-refractivity contribution in [3.8, 4) is 0 Å². The standard InChI is InChI=1S/C20H21N3O3S/c1-13-7-8-19-16(9-13)11-18(14(2)22-19)20(24)21-12-15-5-4-6-17(10-15)23-27(3,25)26/h4-11,23H,12H2,1-3H3,(H,21,24). The van der Waals surface area contributed by atoms with Crippen LogP contribution in [0.1, 0.15) is 27.2 Å². The maximum absolute atomic E-state index is 12.6. The molecular weight excluding hydrogens is 362 g/mol. The van der Waals surface area contributed by atoms with E-state index in [0.717, 1.165) is 28.3 Å². The van der Waals surface area contributed by atoms with Gasteiger partial charge in [-0.3, -0.25) is 14.5 Å². The maximum atomic E-state index is 12.6. The van der Waals surface area contributed by atoms with Crippen LogP contribution in [-0.2, 0) is 16.6 Å². The second-order valence-electron chi connectivity index (χ2n) is 6.57. The van der Waals surface area contributed by atoms with Gasteiger partial charge in [0, 0.05) is 17.6 Å². The van der Waals surface area contributed by atoms with Crippen molar-refractivity contribution in [3.05, 3.63) is 70.9 Å². The fourth-order valence-corrected chi connectivity index (χ4v) is 3.41. The number of benzene rings is 2. The molecule has 0 unspecified atom stereocenters. The Kier molecular flexibility index (Phi) is 5.14. The van der Waals surface area contributed by atoms with Crippen molar-refractivity contribution < 1.29 is 13.2 Å². The molecule has 140 valence electrons. The Hall–Kier alpha value is -2.93. The molecular formula is C20H21N3O3S. The molecule has 0 aliphatic carbocycles. The summed E-state index contributed by atoms with van der Waals surface area (Å²) in [7, 11) is -3.34. The van der Waals surface area contributed by atoms with E-state index in [1.165, 1.54) is 0 Å². The first-order valence-corrected chi connectivity index (χ1v) is 10.3. The van der Waals surface area contributed by atoms with Crippen LogP contribution in [0.25, 0.3) is 10.9 Å². The van der Waals surface area contributed by atoms with Crippen LogP contribution < -0.4 is 10.0 Å². The molecule has 0 saturated carbocycles. The normalized spacial score (nSPS) is 11.4. The number of aromatic nitrogens is 1. The average molecular weight is 383 g/mol. The van der Waals surface area contributed by atoms with E-state index >= 15 is 0 Å². The third kappa shape index (κ3) is 4.83. The number of sulfonamides is 1. The Balaban J connectivity index is 1.77. The van der Waals surface area contributed by atoms with Crippen molar-refractivity contribution in [3.63, 3.8) is 0 Å². The monoisotopic (exact) mass is 383 g/mol. The lowest BCUT2D eigenvalue weighted by Crippen LogP contribution is -2.24. The molecule has 1 amide bonds. The Labute approximate surface area is 158 Å². The number of hydrogen-bond donors (Lipinski definition) is 2. The van der Waals surface area contributed by atoms with Gasteiger partial charge in [-0.1, -0.05) is 23.8 Å². The van der Waals surface area contributed by atoms with Gasteiger partial charge in [-0.25, -0.2) is 8.42 Å². The van der Waals surface area contributed by atoms with E-state index in [9.17, 15) is 13.2 Å². The summed E-state index contributed by atoms with van der Waals surface area (Å²) < 4.78 is 25.1. The van der Waals surface area contributed by atoms with E-state index in [2.05, 4.69) is 15.0 Å². The number of nitrogens with one attached hydrogen (secondary N) is 2. The molecule has 0 radical (unpaired) electrons. The van der Waals surface area contributed by atoms with E-state index < -0.39 is 10.0 Å². The summed E-state index contributed by atoms with van der Waals surface area (Å²) in [6.07, 6.45) is 1.10. The van der Waals surface area contributed by atoms with Crippen molar-refractivity contribution in [1.82, 2.24) is 10.3 Å². The highest BCUT2D eigenvalue weighted by Crippen LogP contribution is 2.18. The van der Waals surface area contributed by atoms with Gasteiger partial charge in [-0.15, -0.1) is 0 Å². The van der Waals surface area contributed by atoms with Crippen LogP contribution in [0.15, 0.2) is 48.5 Å². The van der Waals surface area contributed by atoms with E-state index in [1.54, 1.807) is 18.2 Å². The van der Waals surface area contributed by atoms with Crippen molar-refractivity contribution in [2.75, 3.05) is 11.0 Å². The van der Waals surface area contributed by atoms with Crippen LogP contribution in [-0.4, -0.2) is 25.6 Å². The molecule has 0 aliphatic heterocycles. The molecule has 0 spiro atoms. The maximum Gasteiger partial charge on any atom is 0.253 e. The van der Waals surface area contributed by atoms with Crippen LogP contribution >= 0.6 is 0 Å². The molecule has 2 N–H and O–H groups in total. The number of nitrogens with zero attached hydrogens (tertiary/aromatic N) is 1. The number of carbonyl (C=O) groups excluding carboxylic acids is 1. The zero-order chi connectivity index (χ0) is 19.6. The van der Waals surface area contributed by atoms with Crippen molar-refractivity contribution in [2.24, 2.45) is 0 Å². The molecule has 0 fully saturated rings. The molecule has 1 heterocycles. The van der Waals surface area contributed by atoms with Crippen LogP contribution in [0, 0.1) is 13.8 Å². The molecule has 3 rings (SSSR count). The fraction of sp³-hybridized carbons (Fsp3) is 0.200. The van der Waals surface area contributed by atoms with Crippen LogP contribution in [0.3, 0.4) is 0 Å². The minimum atomic E-state index is -3.34. The first-order chi connectivity index (χ1) is 12.7. The van der Waals surface area contributed by atoms with E-state index in [1.807, 2.05) is 44.2 Å². The highest BCUT2D eigenvalue weighted by molar-refractivity contribution is 7.92. The van der Waals surface area contributed by atoms with Gasteiger partial charge in [-0.05, 0) is 49.7 Å². The molecule has 3 aromatic rings. The third-order valence-corrected chi connectivity index (χ3v) is 4.70. The molecule has 7 heteroatoms. The Morgan fingerprint density at radius 3 is 2.59 bits per heavy atom. The average Bonchev–Trinajstić information content (AvgIpc) is 2.58. The summed E-state index contributed by atoms with van der Waals surface area (Å²) in [5.41, 5.74) is 4.40. The second kappa shape index (κ2) is 7.36. The number of aryl methyl sites for hydroxylation is 2. The Morgan fingerprint density at radius 2 is 1.85 bits per heavy atom. The van der Waals surface area contributed by atoms with Gasteiger partial charge in [0.2, 0.25) is 10.0 Å². The summed E-state index contributed by atoms with van der Waals surface area (Å²) in [5.74, 6) is -0.218. The van der Waals surface area contributed by atoms with Gasteiger partial charge in [0.15, 0.2) is 0 Å². The number of rotatable bonds is 5. The van der Waals surface area contributed by atoms with Crippen molar-refractivity contribution >= 4 is 32.5 Å². The predicted octanol–water partition coefficient (Wildman–Crippen LogP) is 3.15. The van der Waals surface area contributed by atoms with Gasteiger partial charge in [0.05, 0.1) is 23.0 Å². The molecule has 2 aromatic carbocycles. The smallest absolute Gasteiger partial charge is 0.253 e. The summed E-state index contributed by atoms with van der Waals surface area (Å²) in [5, 5.41) is 3.79. The van der Waals surface area contributed by atoms with E-state index in [0.29, 0.717) is 16.9 Å². The van der Waals surface area contributed by atoms with Gasteiger partial charge >= 0.3 is 0 Å². The van der Waals surface area contributed by atoms with Gasteiger partial charge in [0.1, 0.15) is 0 Å². The topological polar surface area (TPSA) is 88.2 Å². The van der Waals surface area contributed by atoms with Crippen LogP contribution in [0.4, 0.5) is 5.69 Å². The molecule has 6 nitrogen and oxygen atoms in total. The number of hydrogen-bond acceptors (Lipinski definition) is 4. The number of amides is 1. The van der Waals surface area contributed by atoms with Crippen molar-refractivity contribution in [1.29, 1.82) is 0 Å². The fourth-order valence-electron chi connectivity index (χ4n) is 2.86. The van der Waals surface area contributed by atoms with Crippen LogP contribution in [0.2, 0.25) is 0 Å². The number of carbonyl (C=O) groups is 1. The highest BCUT2D eigenvalue weighted by atomic mass is 32.2. The number of pyridine rings is 1. The number of anilines is 1. The largest absolute Gasteiger partial charge is 0.348 e. The summed E-state index contributed by atoms with van der Waals surface area (Å²) in [6, 6.07) is 14.7. The first-order valence-electron chi connectivity index (χ1n) is 8.44. The zero-order valence-corrected chi connectivity index (χ0v) is 16.2. The molecule has 0 bridgehead atoms. The lowest BCUT2D eigenvalue weighted by atomic mass is 10.1. The van der Waals surface area contributed by atoms with Gasteiger partial charge < -0.3 is 5.32 Å². The van der Waals surface area contributed by atoms with E-state index in [-0.39, 0.29) is 12.5 Å². The second-order valence-corrected chi connectivity index (χ2v) is 8.32. The molecule has 0 atom stereocenters. The minimum Gasteiger partial charge on any atom is -0.348 e. The summed E-state index contributed by atoms with van der Waals surface area (Å²) >= 11 is 0. The predicted molar refractivity (Wildman–Crippen MR) is 107 cm³/mol. The molecule has 1 aromatic heterocycles. The van der Waals surface area contributed by atoms with Crippen molar-refractivity contribution in [2.45, 2.75) is 20.4 Å². The molecule has 27 heavy (non-hydrogen) atoms. The first kappa shape index (κ1) is 18.8. The summed E-state index contributed by atoms with van der Waals surface area (Å²) in [6.45, 7) is 4.09. The minimum absolute atomic E-state index is 0.218. The quantitative estimate of drug-likeness (QED) is 0.708. The van der Waals surface area contributed by atoms with Gasteiger partial charge in [-0.2, -0.15) is 0 Å². The molecule has 0 aliphatic rings. The Morgan fingerprint density at radius 1 is 1.07 bits per heavy atom. The lowest BCUT2D eigenvalue weighted by Gasteiger charge is -2.10.